The van der Waals surface area contributed by atoms with E-state index in [-0.39, 0.29) is 5.78 Å². The minimum absolute atomic E-state index is 0.0777. The van der Waals surface area contributed by atoms with Crippen LogP contribution >= 0.6 is 0 Å². The summed E-state index contributed by atoms with van der Waals surface area (Å²) in [5.74, 6) is 3.07. The number of hydrogen-bond donors (Lipinski definition) is 0. The average molecular weight is 487 g/mol. The van der Waals surface area contributed by atoms with Gasteiger partial charge in [-0.3, -0.25) is 4.79 Å². The molecule has 0 N–H and O–H groups in total. The number of nitrogens with zero attached hydrogens (tertiary/aromatic N) is 4. The Kier molecular flexibility index (Phi) is 6.05. The number of ether oxygens (including phenoxy) is 4. The van der Waals surface area contributed by atoms with E-state index in [4.69, 9.17) is 23.9 Å². The van der Waals surface area contributed by atoms with Crippen LogP contribution in [0.1, 0.15) is 42.3 Å². The van der Waals surface area contributed by atoms with E-state index < -0.39 is 5.92 Å². The molecule has 0 amide bonds. The van der Waals surface area contributed by atoms with E-state index in [1.165, 1.54) is 0 Å². The van der Waals surface area contributed by atoms with Crippen LogP contribution in [0.5, 0.6) is 23.1 Å². The molecule has 0 saturated carbocycles. The topological polar surface area (TPSA) is 97.1 Å². The van der Waals surface area contributed by atoms with Crippen molar-refractivity contribution < 1.29 is 23.7 Å². The van der Waals surface area contributed by atoms with Crippen LogP contribution in [0.2, 0.25) is 0 Å². The van der Waals surface area contributed by atoms with Crippen molar-refractivity contribution in [3.8, 4) is 23.1 Å². The molecule has 5 rings (SSSR count). The van der Waals surface area contributed by atoms with Crippen molar-refractivity contribution in [1.29, 1.82) is 0 Å². The number of carbonyl (C=O) groups excluding carboxylic acids is 1. The number of fused-ring (bicyclic) bond motifs is 3. The summed E-state index contributed by atoms with van der Waals surface area (Å²) in [4.78, 5) is 22.1. The Hall–Kier alpha value is -4.40. The zero-order chi connectivity index (χ0) is 25.4. The number of benzene rings is 2. The number of aromatic nitrogens is 4. The predicted octanol–water partition coefficient (Wildman–Crippen LogP) is 4.13. The van der Waals surface area contributed by atoms with Crippen LogP contribution in [0.15, 0.2) is 60.1 Å². The second-order valence-electron chi connectivity index (χ2n) is 8.46. The molecule has 184 valence electrons. The van der Waals surface area contributed by atoms with Gasteiger partial charge < -0.3 is 18.9 Å². The molecule has 2 aromatic heterocycles. The van der Waals surface area contributed by atoms with E-state index >= 15 is 0 Å². The Labute approximate surface area is 208 Å². The summed E-state index contributed by atoms with van der Waals surface area (Å²) in [6, 6.07) is 13.3. The predicted molar refractivity (Wildman–Crippen MR) is 132 cm³/mol. The van der Waals surface area contributed by atoms with Gasteiger partial charge in [-0.1, -0.05) is 18.2 Å². The van der Waals surface area contributed by atoms with Gasteiger partial charge in [0.15, 0.2) is 28.8 Å². The lowest BCUT2D eigenvalue weighted by Crippen LogP contribution is -2.22. The lowest BCUT2D eigenvalue weighted by atomic mass is 9.82. The Bertz CT molecular complexity index is 1490. The number of rotatable bonds is 7. The van der Waals surface area contributed by atoms with E-state index in [0.29, 0.717) is 52.2 Å². The van der Waals surface area contributed by atoms with E-state index in [1.54, 1.807) is 46.0 Å². The van der Waals surface area contributed by atoms with Gasteiger partial charge in [0.2, 0.25) is 5.88 Å². The molecule has 0 unspecified atom stereocenters. The quantitative estimate of drug-likeness (QED) is 0.385. The molecule has 0 radical (unpaired) electrons. The summed E-state index contributed by atoms with van der Waals surface area (Å²) in [5.41, 5.74) is 3.72. The second-order valence-corrected chi connectivity index (χ2v) is 8.46. The highest BCUT2D eigenvalue weighted by Gasteiger charge is 2.36. The third-order valence-electron chi connectivity index (χ3n) is 6.28. The highest BCUT2D eigenvalue weighted by atomic mass is 16.5. The van der Waals surface area contributed by atoms with Gasteiger partial charge >= 0.3 is 0 Å². The summed E-state index contributed by atoms with van der Waals surface area (Å²) in [7, 11) is 4.82. The second kappa shape index (κ2) is 9.33. The molecule has 0 spiro atoms. The first kappa shape index (κ1) is 23.3. The molecule has 2 aromatic carbocycles. The van der Waals surface area contributed by atoms with Crippen molar-refractivity contribution in [1.82, 2.24) is 19.6 Å². The lowest BCUT2D eigenvalue weighted by molar-refractivity contribution is -0.114. The normalized spacial score (nSPS) is 14.9. The average Bonchev–Trinajstić information content (AvgIpc) is 3.30. The summed E-state index contributed by atoms with van der Waals surface area (Å²) >= 11 is 0. The smallest absolute Gasteiger partial charge is 0.228 e. The van der Waals surface area contributed by atoms with Gasteiger partial charge in [0, 0.05) is 17.9 Å². The van der Waals surface area contributed by atoms with Gasteiger partial charge in [0.05, 0.1) is 26.9 Å². The molecule has 0 bridgehead atoms. The number of ketones is 1. The summed E-state index contributed by atoms with van der Waals surface area (Å²) in [6.07, 6.45) is 2.05. The first-order valence-electron chi connectivity index (χ1n) is 11.4. The Morgan fingerprint density at radius 2 is 1.78 bits per heavy atom. The molecule has 4 aromatic rings. The number of hydrogen-bond acceptors (Lipinski definition) is 8. The van der Waals surface area contributed by atoms with Crippen LogP contribution in [0.3, 0.4) is 0 Å². The molecule has 1 aliphatic rings. The van der Waals surface area contributed by atoms with Gasteiger partial charge in [-0.2, -0.15) is 0 Å². The summed E-state index contributed by atoms with van der Waals surface area (Å²) in [6.45, 7) is 3.33. The monoisotopic (exact) mass is 486 g/mol. The Balaban J connectivity index is 1.62. The van der Waals surface area contributed by atoms with Crippen molar-refractivity contribution in [2.75, 3.05) is 21.3 Å². The number of Topliss-reactive ketones (excluding diaryl/α,β-unsaturated/α-hetero) is 1. The van der Waals surface area contributed by atoms with Crippen molar-refractivity contribution >= 4 is 11.4 Å². The molecule has 9 nitrogen and oxygen atoms in total. The maximum atomic E-state index is 12.8. The third-order valence-corrected chi connectivity index (χ3v) is 6.28. The fraction of sp³-hybridized carbons (Fsp3) is 0.259. The van der Waals surface area contributed by atoms with Crippen molar-refractivity contribution in [3.05, 3.63) is 82.6 Å². The van der Waals surface area contributed by atoms with Crippen molar-refractivity contribution in [2.24, 2.45) is 0 Å². The van der Waals surface area contributed by atoms with Crippen molar-refractivity contribution in [2.45, 2.75) is 26.2 Å². The molecule has 0 fully saturated rings. The first-order valence-corrected chi connectivity index (χ1v) is 11.4. The van der Waals surface area contributed by atoms with Crippen LogP contribution < -0.4 is 18.9 Å². The van der Waals surface area contributed by atoms with Gasteiger partial charge in [-0.15, -0.1) is 5.10 Å². The fourth-order valence-corrected chi connectivity index (χ4v) is 4.61. The first-order chi connectivity index (χ1) is 17.4. The standard InChI is InChI=1S/C27H26N4O5/c1-15(32)23-16(2)36-27-25(24(23)18-7-9-19(33-3)10-8-18)26-29-22(30-31(26)14-28-27)13-17-6-11-20(34-4)21(12-17)35-5/h6-12,14,24H,13H2,1-5H3/t24-/m1/s1. The van der Waals surface area contributed by atoms with Crippen LogP contribution in [-0.4, -0.2) is 46.7 Å². The molecule has 3 heterocycles. The van der Waals surface area contributed by atoms with Crippen LogP contribution in [0.4, 0.5) is 0 Å². The molecular formula is C27H26N4O5. The van der Waals surface area contributed by atoms with E-state index in [0.717, 1.165) is 16.9 Å². The maximum Gasteiger partial charge on any atom is 0.228 e. The molecule has 1 aliphatic heterocycles. The van der Waals surface area contributed by atoms with Gasteiger partial charge in [-0.25, -0.2) is 14.5 Å². The fourth-order valence-electron chi connectivity index (χ4n) is 4.61. The SMILES string of the molecule is COc1ccc([C@@H]2C(C(C)=O)=C(C)Oc3ncn4nc(Cc5ccc(OC)c(OC)c5)nc4c32)cc1. The van der Waals surface area contributed by atoms with E-state index in [1.807, 2.05) is 42.5 Å². The van der Waals surface area contributed by atoms with Crippen LogP contribution in [0.25, 0.3) is 5.65 Å². The maximum absolute atomic E-state index is 12.8. The lowest BCUT2D eigenvalue weighted by Gasteiger charge is -2.28. The molecule has 1 atom stereocenters. The number of methoxy groups -OCH3 is 3. The Morgan fingerprint density at radius 3 is 2.44 bits per heavy atom. The van der Waals surface area contributed by atoms with Crippen LogP contribution in [-0.2, 0) is 11.2 Å². The largest absolute Gasteiger partial charge is 0.497 e. The number of carbonyl (C=O) groups is 1. The zero-order valence-corrected chi connectivity index (χ0v) is 20.7. The number of allylic oxidation sites excluding steroid dienone is 2. The minimum atomic E-state index is -0.411. The van der Waals surface area contributed by atoms with Gasteiger partial charge in [0.1, 0.15) is 17.8 Å². The van der Waals surface area contributed by atoms with Gasteiger partial charge in [-0.05, 0) is 49.2 Å². The molecule has 36 heavy (non-hydrogen) atoms. The Morgan fingerprint density at radius 1 is 1.03 bits per heavy atom. The molecule has 0 saturated heterocycles. The van der Waals surface area contributed by atoms with Crippen LogP contribution in [0, 0.1) is 0 Å². The highest BCUT2D eigenvalue weighted by molar-refractivity contribution is 5.97. The minimum Gasteiger partial charge on any atom is -0.497 e. The summed E-state index contributed by atoms with van der Waals surface area (Å²) in [5, 5.41) is 4.65. The van der Waals surface area contributed by atoms with Crippen molar-refractivity contribution in [3.63, 3.8) is 0 Å². The zero-order valence-electron chi connectivity index (χ0n) is 20.7. The molecular weight excluding hydrogens is 460 g/mol. The molecule has 9 heteroatoms. The van der Waals surface area contributed by atoms with E-state index in [2.05, 4.69) is 10.1 Å². The van der Waals surface area contributed by atoms with E-state index in [9.17, 15) is 4.79 Å². The van der Waals surface area contributed by atoms with Gasteiger partial charge in [0.25, 0.3) is 0 Å². The summed E-state index contributed by atoms with van der Waals surface area (Å²) < 4.78 is 23.7. The third kappa shape index (κ3) is 4.02. The highest BCUT2D eigenvalue weighted by Crippen LogP contribution is 2.44. The molecule has 0 aliphatic carbocycles.